The quantitative estimate of drug-likeness (QED) is 0.0539. The molecule has 2 aliphatic heterocycles. The standard InChI is InChI=1S/C27H21N7O8S3/c28-26-29-15(11-44-26)18(33-42-14-4-2-1-3-5-14)21(37)30-19-23(38)34-20(25(39)40)13(9-43-24(19)34)10-45-27-32-31-22(41-27)12-6-7-16(35)17(36)8-12/h1-8,11,19,24,35-36H,9-10H2,(H2,28,29)(H,30,37)(H,39,40)/t19-,24+/m1/s1. The summed E-state index contributed by atoms with van der Waals surface area (Å²) in [6.45, 7) is 0. The number of nitrogens with zero attached hydrogens (tertiary/aromatic N) is 5. The third-order valence-corrected chi connectivity index (χ3v) is 9.42. The maximum Gasteiger partial charge on any atom is 0.352 e. The average molecular weight is 668 g/mol. The van der Waals surface area contributed by atoms with E-state index < -0.39 is 29.2 Å². The number of hydrogen-bond acceptors (Lipinski definition) is 15. The number of fused-ring (bicyclic) bond motifs is 1. The van der Waals surface area contributed by atoms with E-state index in [1.807, 2.05) is 0 Å². The lowest BCUT2D eigenvalue weighted by Gasteiger charge is -2.49. The van der Waals surface area contributed by atoms with Crippen LogP contribution in [0.2, 0.25) is 0 Å². The number of carboxylic acids is 1. The van der Waals surface area contributed by atoms with Gasteiger partial charge in [0.15, 0.2) is 28.1 Å². The van der Waals surface area contributed by atoms with Crippen molar-refractivity contribution in [2.24, 2.45) is 5.16 Å². The Morgan fingerprint density at radius 3 is 2.69 bits per heavy atom. The molecule has 1 fully saturated rings. The highest BCUT2D eigenvalue weighted by Crippen LogP contribution is 2.42. The number of carbonyl (C=O) groups is 3. The van der Waals surface area contributed by atoms with E-state index in [1.165, 1.54) is 35.3 Å². The van der Waals surface area contributed by atoms with Gasteiger partial charge in [-0.3, -0.25) is 14.5 Å². The molecule has 0 spiro atoms. The molecule has 4 heterocycles. The SMILES string of the molecule is Nc1nc(C(=NOc2ccccc2)C(=O)N[C@@H]2C(=O)N3C(C(=O)O)=C(CSc4nnc(-c5ccc(O)c(O)c5)o4)CS[C@@H]23)cs1. The van der Waals surface area contributed by atoms with Gasteiger partial charge in [-0.05, 0) is 35.9 Å². The van der Waals surface area contributed by atoms with Gasteiger partial charge in [0.2, 0.25) is 5.89 Å². The largest absolute Gasteiger partial charge is 0.504 e. The van der Waals surface area contributed by atoms with Gasteiger partial charge in [0.05, 0.1) is 0 Å². The highest BCUT2D eigenvalue weighted by Gasteiger charge is 2.54. The second-order valence-corrected chi connectivity index (χ2v) is 12.3. The Morgan fingerprint density at radius 1 is 1.18 bits per heavy atom. The number of phenolic OH excluding ortho intramolecular Hbond substituents is 2. The summed E-state index contributed by atoms with van der Waals surface area (Å²) in [5.74, 6) is -2.45. The first kappa shape index (κ1) is 30.0. The fourth-order valence-electron chi connectivity index (χ4n) is 4.37. The number of nitrogens with two attached hydrogens (primary N) is 1. The molecule has 2 aromatic heterocycles. The summed E-state index contributed by atoms with van der Waals surface area (Å²) in [5, 5.41) is 44.9. The number of phenols is 2. The number of amides is 2. The molecule has 2 aromatic carbocycles. The minimum atomic E-state index is -1.30. The second kappa shape index (κ2) is 12.5. The van der Waals surface area contributed by atoms with Crippen molar-refractivity contribution in [1.29, 1.82) is 0 Å². The van der Waals surface area contributed by atoms with Crippen molar-refractivity contribution < 1.29 is 39.0 Å². The van der Waals surface area contributed by atoms with Gasteiger partial charge in [0.25, 0.3) is 17.0 Å². The molecular formula is C27H21N7O8S3. The topological polar surface area (TPSA) is 227 Å². The van der Waals surface area contributed by atoms with Gasteiger partial charge in [-0.1, -0.05) is 35.1 Å². The van der Waals surface area contributed by atoms with Gasteiger partial charge in [-0.25, -0.2) is 9.78 Å². The van der Waals surface area contributed by atoms with Gasteiger partial charge < -0.3 is 35.6 Å². The summed E-state index contributed by atoms with van der Waals surface area (Å²) in [7, 11) is 0. The van der Waals surface area contributed by atoms with E-state index in [0.29, 0.717) is 16.9 Å². The fourth-order valence-corrected chi connectivity index (χ4v) is 7.17. The van der Waals surface area contributed by atoms with Gasteiger partial charge in [-0.2, -0.15) is 0 Å². The first-order valence-corrected chi connectivity index (χ1v) is 15.8. The molecular weight excluding hydrogens is 647 g/mol. The van der Waals surface area contributed by atoms with E-state index in [4.69, 9.17) is 15.0 Å². The normalized spacial score (nSPS) is 17.9. The van der Waals surface area contributed by atoms with Crippen molar-refractivity contribution in [2.45, 2.75) is 16.6 Å². The zero-order valence-electron chi connectivity index (χ0n) is 22.7. The molecule has 18 heteroatoms. The summed E-state index contributed by atoms with van der Waals surface area (Å²) in [4.78, 5) is 49.5. The molecule has 6 rings (SSSR count). The predicted octanol–water partition coefficient (Wildman–Crippen LogP) is 2.50. The first-order valence-electron chi connectivity index (χ1n) is 12.9. The van der Waals surface area contributed by atoms with Gasteiger partial charge in [0, 0.05) is 22.4 Å². The number of carboxylic acid groups (broad SMARTS) is 1. The van der Waals surface area contributed by atoms with Crippen LogP contribution in [0.25, 0.3) is 11.5 Å². The molecule has 0 aliphatic carbocycles. The molecule has 0 unspecified atom stereocenters. The van der Waals surface area contributed by atoms with Crippen molar-refractivity contribution in [2.75, 3.05) is 17.2 Å². The number of aromatic nitrogens is 3. The number of aromatic hydroxyl groups is 2. The zero-order chi connectivity index (χ0) is 31.7. The molecule has 6 N–H and O–H groups in total. The van der Waals surface area contributed by atoms with Crippen LogP contribution < -0.4 is 15.9 Å². The minimum Gasteiger partial charge on any atom is -0.504 e. The number of β-lactam (4-membered cyclic amide) rings is 1. The Hall–Kier alpha value is -5.07. The third-order valence-electron chi connectivity index (χ3n) is 6.50. The number of para-hydroxylation sites is 1. The van der Waals surface area contributed by atoms with E-state index in [-0.39, 0.29) is 56.4 Å². The lowest BCUT2D eigenvalue weighted by molar-refractivity contribution is -0.150. The molecule has 0 radical (unpaired) electrons. The minimum absolute atomic E-state index is 0.0900. The summed E-state index contributed by atoms with van der Waals surface area (Å²) in [5.41, 5.74) is 6.35. The van der Waals surface area contributed by atoms with E-state index in [9.17, 15) is 29.7 Å². The van der Waals surface area contributed by atoms with Crippen LogP contribution in [0.5, 0.6) is 17.2 Å². The number of hydrogen-bond donors (Lipinski definition) is 5. The van der Waals surface area contributed by atoms with E-state index in [0.717, 1.165) is 28.0 Å². The van der Waals surface area contributed by atoms with Gasteiger partial charge >= 0.3 is 5.97 Å². The number of thiazole rings is 1. The van der Waals surface area contributed by atoms with Crippen LogP contribution in [0.15, 0.2) is 80.0 Å². The second-order valence-electron chi connectivity index (χ2n) is 9.40. The number of benzene rings is 2. The van der Waals surface area contributed by atoms with Crippen molar-refractivity contribution in [3.63, 3.8) is 0 Å². The number of anilines is 1. The lowest BCUT2D eigenvalue weighted by atomic mass is 10.0. The number of nitrogens with one attached hydrogen (secondary N) is 1. The van der Waals surface area contributed by atoms with Crippen LogP contribution in [0.4, 0.5) is 5.13 Å². The monoisotopic (exact) mass is 667 g/mol. The maximum absolute atomic E-state index is 13.3. The van der Waals surface area contributed by atoms with E-state index >= 15 is 0 Å². The molecule has 15 nitrogen and oxygen atoms in total. The van der Waals surface area contributed by atoms with Crippen molar-refractivity contribution in [3.05, 3.63) is 70.9 Å². The van der Waals surface area contributed by atoms with Gasteiger partial charge in [0.1, 0.15) is 22.8 Å². The number of aliphatic carboxylic acids is 1. The first-order chi connectivity index (χ1) is 21.7. The highest BCUT2D eigenvalue weighted by atomic mass is 32.2. The van der Waals surface area contributed by atoms with Crippen molar-refractivity contribution in [1.82, 2.24) is 25.4 Å². The fraction of sp³-hybridized carbons (Fsp3) is 0.148. The molecule has 2 aliphatic rings. The molecule has 1 saturated heterocycles. The number of oxime groups is 1. The van der Waals surface area contributed by atoms with Crippen LogP contribution in [0, 0.1) is 0 Å². The Balaban J connectivity index is 1.15. The summed E-state index contributed by atoms with van der Waals surface area (Å²) >= 11 is 3.47. The molecule has 0 bridgehead atoms. The summed E-state index contributed by atoms with van der Waals surface area (Å²) < 4.78 is 5.61. The summed E-state index contributed by atoms with van der Waals surface area (Å²) in [6.07, 6.45) is 0. The van der Waals surface area contributed by atoms with E-state index in [2.05, 4.69) is 25.7 Å². The smallest absolute Gasteiger partial charge is 0.352 e. The number of thioether (sulfide) groups is 2. The molecule has 4 aromatic rings. The Labute approximate surface area is 265 Å². The number of rotatable bonds is 10. The zero-order valence-corrected chi connectivity index (χ0v) is 25.1. The lowest BCUT2D eigenvalue weighted by Crippen LogP contribution is -2.71. The van der Waals surface area contributed by atoms with Crippen LogP contribution in [-0.4, -0.2) is 81.8 Å². The predicted molar refractivity (Wildman–Crippen MR) is 164 cm³/mol. The Bertz CT molecular complexity index is 1860. The van der Waals surface area contributed by atoms with Crippen LogP contribution in [0.3, 0.4) is 0 Å². The molecule has 2 amide bonds. The highest BCUT2D eigenvalue weighted by molar-refractivity contribution is 8.01. The van der Waals surface area contributed by atoms with Gasteiger partial charge in [-0.15, -0.1) is 33.3 Å². The van der Waals surface area contributed by atoms with Crippen LogP contribution >= 0.6 is 34.9 Å². The third kappa shape index (κ3) is 6.15. The number of nitrogen functional groups attached to an aromatic ring is 1. The Kier molecular flexibility index (Phi) is 8.33. The molecule has 2 atom stereocenters. The summed E-state index contributed by atoms with van der Waals surface area (Å²) in [6, 6.07) is 11.6. The Morgan fingerprint density at radius 2 is 1.98 bits per heavy atom. The van der Waals surface area contributed by atoms with Crippen molar-refractivity contribution >= 4 is 63.5 Å². The van der Waals surface area contributed by atoms with Crippen molar-refractivity contribution in [3.8, 4) is 28.7 Å². The molecule has 0 saturated carbocycles. The molecule has 45 heavy (non-hydrogen) atoms. The van der Waals surface area contributed by atoms with Crippen LogP contribution in [-0.2, 0) is 14.4 Å². The maximum atomic E-state index is 13.3. The number of carbonyl (C=O) groups excluding carboxylic acids is 2. The molecule has 230 valence electrons. The van der Waals surface area contributed by atoms with E-state index in [1.54, 1.807) is 30.3 Å². The van der Waals surface area contributed by atoms with Crippen LogP contribution in [0.1, 0.15) is 5.69 Å². The average Bonchev–Trinajstić information content (AvgIpc) is 3.69.